The first-order chi connectivity index (χ1) is 7.95. The largest absolute Gasteiger partial charge is 0.481 e. The van der Waals surface area contributed by atoms with Crippen molar-refractivity contribution >= 4 is 23.5 Å². The molecule has 0 aromatic rings. The monoisotopic (exact) mass is 244 g/mol. The summed E-state index contributed by atoms with van der Waals surface area (Å²) < 4.78 is 4.59. The second-order valence-corrected chi connectivity index (χ2v) is 3.48. The molecule has 0 rings (SSSR count). The number of ether oxygens (including phenoxy) is 1. The van der Waals surface area contributed by atoms with Crippen LogP contribution in [0.25, 0.3) is 0 Å². The maximum atomic E-state index is 11.2. The van der Waals surface area contributed by atoms with Crippen LogP contribution in [0.3, 0.4) is 0 Å². The summed E-state index contributed by atoms with van der Waals surface area (Å²) in [6, 6.07) is 0. The van der Waals surface area contributed by atoms with Gasteiger partial charge in [-0.15, -0.1) is 0 Å². The van der Waals surface area contributed by atoms with E-state index in [1.54, 1.807) is 6.92 Å². The molecule has 0 aromatic carbocycles. The lowest BCUT2D eigenvalue weighted by Crippen LogP contribution is -2.12. The minimum atomic E-state index is -1.17. The van der Waals surface area contributed by atoms with Crippen LogP contribution in [0.2, 0.25) is 0 Å². The molecule has 6 nitrogen and oxygen atoms in total. The van der Waals surface area contributed by atoms with Crippen molar-refractivity contribution in [1.29, 1.82) is 0 Å². The molecule has 96 valence electrons. The maximum absolute atomic E-state index is 11.2. The molecule has 0 fully saturated rings. The van der Waals surface area contributed by atoms with Gasteiger partial charge >= 0.3 is 11.9 Å². The summed E-state index contributed by atoms with van der Waals surface area (Å²) in [5.74, 6) is -2.46. The topological polar surface area (TPSA) is 97.7 Å². The van der Waals surface area contributed by atoms with Crippen LogP contribution in [0.4, 0.5) is 0 Å². The molecule has 0 aromatic heterocycles. The average molecular weight is 244 g/mol. The van der Waals surface area contributed by atoms with Crippen LogP contribution in [0.15, 0.2) is 0 Å². The maximum Gasteiger partial charge on any atom is 0.313 e. The summed E-state index contributed by atoms with van der Waals surface area (Å²) in [7, 11) is 0. The van der Waals surface area contributed by atoms with Crippen molar-refractivity contribution in [2.75, 3.05) is 6.61 Å². The second kappa shape index (κ2) is 8.43. The number of Topliss-reactive ketones (excluding diaryl/α,β-unsaturated/α-hetero) is 2. The number of rotatable bonds is 9. The first-order valence-electron chi connectivity index (χ1n) is 5.36. The van der Waals surface area contributed by atoms with Crippen molar-refractivity contribution < 1.29 is 29.0 Å². The van der Waals surface area contributed by atoms with Crippen molar-refractivity contribution in [3.8, 4) is 0 Å². The van der Waals surface area contributed by atoms with Gasteiger partial charge in [0.05, 0.1) is 6.61 Å². The van der Waals surface area contributed by atoms with Crippen LogP contribution >= 0.6 is 0 Å². The minimum absolute atomic E-state index is 0.0425. The number of ketones is 2. The lowest BCUT2D eigenvalue weighted by Gasteiger charge is -2.01. The Morgan fingerprint density at radius 2 is 1.53 bits per heavy atom. The van der Waals surface area contributed by atoms with Crippen LogP contribution in [0.1, 0.15) is 39.0 Å². The van der Waals surface area contributed by atoms with Gasteiger partial charge in [-0.25, -0.2) is 0 Å². The quantitative estimate of drug-likeness (QED) is 0.474. The van der Waals surface area contributed by atoms with E-state index in [0.717, 1.165) is 0 Å². The van der Waals surface area contributed by atoms with Gasteiger partial charge in [0.25, 0.3) is 0 Å². The first kappa shape index (κ1) is 15.3. The third-order valence-corrected chi connectivity index (χ3v) is 1.91. The Labute approximate surface area is 98.9 Å². The Morgan fingerprint density at radius 1 is 1.00 bits per heavy atom. The molecular formula is C11H16O6. The number of carbonyl (C=O) groups excluding carboxylic acids is 3. The predicted molar refractivity (Wildman–Crippen MR) is 57.4 cm³/mol. The van der Waals surface area contributed by atoms with Gasteiger partial charge in [0.1, 0.15) is 24.4 Å². The molecule has 0 aliphatic heterocycles. The highest BCUT2D eigenvalue weighted by Crippen LogP contribution is 2.03. The van der Waals surface area contributed by atoms with E-state index in [1.165, 1.54) is 0 Å². The highest BCUT2D eigenvalue weighted by molar-refractivity contribution is 5.96. The molecule has 1 N–H and O–H groups in total. The Bertz CT molecular complexity index is 307. The predicted octanol–water partition coefficient (Wildman–Crippen LogP) is 0.723. The molecule has 0 aliphatic rings. The van der Waals surface area contributed by atoms with Crippen molar-refractivity contribution in [3.63, 3.8) is 0 Å². The van der Waals surface area contributed by atoms with Crippen LogP contribution < -0.4 is 0 Å². The number of carbonyl (C=O) groups is 4. The summed E-state index contributed by atoms with van der Waals surface area (Å²) in [4.78, 5) is 43.3. The Hall–Kier alpha value is -1.72. The lowest BCUT2D eigenvalue weighted by atomic mass is 10.1. The summed E-state index contributed by atoms with van der Waals surface area (Å²) in [6.45, 7) is 1.87. The molecule has 0 saturated heterocycles. The molecule has 6 heteroatoms. The van der Waals surface area contributed by atoms with Crippen molar-refractivity contribution in [2.24, 2.45) is 0 Å². The lowest BCUT2D eigenvalue weighted by molar-refractivity contribution is -0.145. The fourth-order valence-electron chi connectivity index (χ4n) is 1.20. The van der Waals surface area contributed by atoms with E-state index in [2.05, 4.69) is 4.74 Å². The number of carboxylic acid groups (broad SMARTS) is 1. The molecule has 0 aliphatic carbocycles. The fraction of sp³-hybridized carbons (Fsp3) is 0.636. The van der Waals surface area contributed by atoms with Crippen LogP contribution in [-0.2, 0) is 23.9 Å². The van der Waals surface area contributed by atoms with Crippen LogP contribution in [0, 0.1) is 0 Å². The summed E-state index contributed by atoms with van der Waals surface area (Å²) in [5, 5.41) is 8.32. The highest BCUT2D eigenvalue weighted by atomic mass is 16.5. The SMILES string of the molecule is CCOC(=O)CC(=O)CCCC(=O)CC(=O)O. The number of hydrogen-bond donors (Lipinski definition) is 1. The standard InChI is InChI=1S/C11H16O6/c1-2-17-11(16)7-9(13)5-3-4-8(12)6-10(14)15/h2-7H2,1H3,(H,14,15). The van der Waals surface area contributed by atoms with Gasteiger partial charge in [-0.2, -0.15) is 0 Å². The fourth-order valence-corrected chi connectivity index (χ4v) is 1.20. The first-order valence-corrected chi connectivity index (χ1v) is 5.36. The van der Waals surface area contributed by atoms with Gasteiger partial charge in [0.2, 0.25) is 0 Å². The van der Waals surface area contributed by atoms with Gasteiger partial charge in [-0.3, -0.25) is 19.2 Å². The van der Waals surface area contributed by atoms with Crippen molar-refractivity contribution in [3.05, 3.63) is 0 Å². The van der Waals surface area contributed by atoms with E-state index < -0.39 is 24.1 Å². The average Bonchev–Trinajstić information content (AvgIpc) is 2.16. The Morgan fingerprint density at radius 3 is 2.00 bits per heavy atom. The smallest absolute Gasteiger partial charge is 0.313 e. The van der Waals surface area contributed by atoms with E-state index in [4.69, 9.17) is 5.11 Å². The minimum Gasteiger partial charge on any atom is -0.481 e. The van der Waals surface area contributed by atoms with Gasteiger partial charge in [0.15, 0.2) is 0 Å². The zero-order valence-electron chi connectivity index (χ0n) is 9.73. The Kier molecular flexibility index (Phi) is 7.58. The molecule has 0 saturated carbocycles. The van der Waals surface area contributed by atoms with Gasteiger partial charge < -0.3 is 9.84 Å². The van der Waals surface area contributed by atoms with E-state index in [9.17, 15) is 19.2 Å². The zero-order chi connectivity index (χ0) is 13.3. The number of hydrogen-bond acceptors (Lipinski definition) is 5. The third-order valence-electron chi connectivity index (χ3n) is 1.91. The van der Waals surface area contributed by atoms with Crippen molar-refractivity contribution in [2.45, 2.75) is 39.0 Å². The summed E-state index contributed by atoms with van der Waals surface area (Å²) >= 11 is 0. The third kappa shape index (κ3) is 9.22. The zero-order valence-corrected chi connectivity index (χ0v) is 9.73. The van der Waals surface area contributed by atoms with E-state index in [1.807, 2.05) is 0 Å². The number of carboxylic acids is 1. The number of aliphatic carboxylic acids is 1. The molecule has 0 bridgehead atoms. The molecule has 0 atom stereocenters. The molecule has 0 heterocycles. The van der Waals surface area contributed by atoms with E-state index in [-0.39, 0.29) is 38.1 Å². The Balaban J connectivity index is 3.67. The molecule has 0 spiro atoms. The molecule has 0 unspecified atom stereocenters. The highest BCUT2D eigenvalue weighted by Gasteiger charge is 2.12. The summed E-state index contributed by atoms with van der Waals surface area (Å²) in [6.07, 6.45) is -0.414. The summed E-state index contributed by atoms with van der Waals surface area (Å²) in [5.41, 5.74) is 0. The van der Waals surface area contributed by atoms with Gasteiger partial charge in [0, 0.05) is 12.8 Å². The molecule has 17 heavy (non-hydrogen) atoms. The normalized spacial score (nSPS) is 9.71. The molecule has 0 amide bonds. The van der Waals surface area contributed by atoms with Gasteiger partial charge in [-0.1, -0.05) is 0 Å². The van der Waals surface area contributed by atoms with E-state index in [0.29, 0.717) is 0 Å². The van der Waals surface area contributed by atoms with Crippen LogP contribution in [0.5, 0.6) is 0 Å². The van der Waals surface area contributed by atoms with E-state index >= 15 is 0 Å². The molecular weight excluding hydrogens is 228 g/mol. The van der Waals surface area contributed by atoms with Crippen LogP contribution in [-0.4, -0.2) is 35.2 Å². The van der Waals surface area contributed by atoms with Crippen molar-refractivity contribution in [1.82, 2.24) is 0 Å². The van der Waals surface area contributed by atoms with Gasteiger partial charge in [-0.05, 0) is 13.3 Å². The number of esters is 1. The molecule has 0 radical (unpaired) electrons. The second-order valence-electron chi connectivity index (χ2n) is 3.48.